The van der Waals surface area contributed by atoms with Gasteiger partial charge in [0.15, 0.2) is 0 Å². The molecule has 0 aromatic heterocycles. The van der Waals surface area contributed by atoms with E-state index in [1.807, 2.05) is 0 Å². The van der Waals surface area contributed by atoms with E-state index < -0.39 is 23.5 Å². The van der Waals surface area contributed by atoms with Gasteiger partial charge in [0.2, 0.25) is 0 Å². The minimum absolute atomic E-state index is 0.0573. The normalized spacial score (nSPS) is 36.7. The Kier molecular flexibility index (Phi) is 5.84. The van der Waals surface area contributed by atoms with Gasteiger partial charge in [-0.25, -0.2) is 0 Å². The first-order valence-electron chi connectivity index (χ1n) is 9.45. The summed E-state index contributed by atoms with van der Waals surface area (Å²) in [6.45, 7) is 17.4. The molecule has 4 heteroatoms. The molecule has 1 N–H and O–H groups in total. The lowest BCUT2D eigenvalue weighted by molar-refractivity contribution is -0.194. The molecule has 0 amide bonds. The molecule has 0 spiro atoms. The van der Waals surface area contributed by atoms with Gasteiger partial charge in [-0.2, -0.15) is 0 Å². The molecule has 2 rings (SSSR count). The molecule has 2 saturated carbocycles. The minimum Gasteiger partial charge on any atom is -0.481 e. The van der Waals surface area contributed by atoms with Gasteiger partial charge in [-0.15, -0.1) is 0 Å². The van der Waals surface area contributed by atoms with Crippen LogP contribution in [0.5, 0.6) is 0 Å². The van der Waals surface area contributed by atoms with Gasteiger partial charge in [0, 0.05) is 6.92 Å². The maximum atomic E-state index is 12.3. The summed E-state index contributed by atoms with van der Waals surface area (Å²) < 4.78 is 5.47. The van der Waals surface area contributed by atoms with Crippen LogP contribution in [0.15, 0.2) is 37.0 Å². The Bertz CT molecular complexity index is 634. The SMILES string of the molecule is C=CC(=C)CC[C@@H]1C(=C)CC[C@H]2[C@]1(C)CC[C@@H](OC(C)=O)[C@]2(C)C(=O)O. The molecule has 0 bridgehead atoms. The highest BCUT2D eigenvalue weighted by molar-refractivity contribution is 5.77. The van der Waals surface area contributed by atoms with Crippen molar-refractivity contribution < 1.29 is 19.4 Å². The maximum Gasteiger partial charge on any atom is 0.313 e. The zero-order valence-electron chi connectivity index (χ0n) is 16.3. The van der Waals surface area contributed by atoms with Gasteiger partial charge in [-0.05, 0) is 62.7 Å². The molecule has 0 aromatic rings. The second-order valence-electron chi connectivity index (χ2n) is 8.43. The van der Waals surface area contributed by atoms with Gasteiger partial charge in [-0.3, -0.25) is 9.59 Å². The van der Waals surface area contributed by atoms with Crippen molar-refractivity contribution in [2.75, 3.05) is 0 Å². The zero-order chi connectivity index (χ0) is 19.7. The lowest BCUT2D eigenvalue weighted by atomic mass is 9.46. The molecule has 4 nitrogen and oxygen atoms in total. The summed E-state index contributed by atoms with van der Waals surface area (Å²) in [5.74, 6) is -1.10. The van der Waals surface area contributed by atoms with E-state index in [1.165, 1.54) is 12.5 Å². The molecule has 5 atom stereocenters. The molecule has 2 aliphatic rings. The Hall–Kier alpha value is -1.84. The lowest BCUT2D eigenvalue weighted by Crippen LogP contribution is -2.60. The summed E-state index contributed by atoms with van der Waals surface area (Å²) in [4.78, 5) is 23.9. The number of hydrogen-bond donors (Lipinski definition) is 1. The average Bonchev–Trinajstić information content (AvgIpc) is 2.56. The number of ether oxygens (including phenoxy) is 1. The van der Waals surface area contributed by atoms with Crippen LogP contribution >= 0.6 is 0 Å². The summed E-state index contributed by atoms with van der Waals surface area (Å²) in [6, 6.07) is 0. The summed E-state index contributed by atoms with van der Waals surface area (Å²) in [7, 11) is 0. The van der Waals surface area contributed by atoms with Crippen LogP contribution in [0.25, 0.3) is 0 Å². The highest BCUT2D eigenvalue weighted by Gasteiger charge is 2.62. The number of esters is 1. The van der Waals surface area contributed by atoms with Gasteiger partial charge < -0.3 is 9.84 Å². The number of carboxylic acids is 1. The van der Waals surface area contributed by atoms with Crippen LogP contribution in [-0.2, 0) is 14.3 Å². The summed E-state index contributed by atoms with van der Waals surface area (Å²) >= 11 is 0. The number of carbonyl (C=O) groups excluding carboxylic acids is 1. The van der Waals surface area contributed by atoms with E-state index in [-0.39, 0.29) is 17.3 Å². The van der Waals surface area contributed by atoms with E-state index in [0.29, 0.717) is 6.42 Å². The third-order valence-corrected chi connectivity index (χ3v) is 6.99. The number of rotatable bonds is 6. The fourth-order valence-corrected chi connectivity index (χ4v) is 5.48. The Labute approximate surface area is 157 Å². The van der Waals surface area contributed by atoms with Gasteiger partial charge in [0.05, 0.1) is 0 Å². The Morgan fingerprint density at radius 2 is 2.00 bits per heavy atom. The molecule has 144 valence electrons. The lowest BCUT2D eigenvalue weighted by Gasteiger charge is -2.59. The fourth-order valence-electron chi connectivity index (χ4n) is 5.48. The van der Waals surface area contributed by atoms with Crippen LogP contribution in [0.1, 0.15) is 59.3 Å². The van der Waals surface area contributed by atoms with Crippen molar-refractivity contribution in [2.24, 2.45) is 22.7 Å². The highest BCUT2D eigenvalue weighted by Crippen LogP contribution is 2.62. The van der Waals surface area contributed by atoms with E-state index in [4.69, 9.17) is 4.74 Å². The topological polar surface area (TPSA) is 63.6 Å². The van der Waals surface area contributed by atoms with E-state index >= 15 is 0 Å². The Morgan fingerprint density at radius 3 is 2.54 bits per heavy atom. The minimum atomic E-state index is -1.08. The quantitative estimate of drug-likeness (QED) is 0.415. The molecule has 2 aliphatic carbocycles. The molecular weight excluding hydrogens is 328 g/mol. The smallest absolute Gasteiger partial charge is 0.313 e. The van der Waals surface area contributed by atoms with Gasteiger partial charge in [-0.1, -0.05) is 43.9 Å². The summed E-state index contributed by atoms with van der Waals surface area (Å²) in [6.07, 6.45) is 5.95. The van der Waals surface area contributed by atoms with Crippen molar-refractivity contribution in [3.63, 3.8) is 0 Å². The number of carboxylic acid groups (broad SMARTS) is 1. The summed E-state index contributed by atoms with van der Waals surface area (Å²) in [5.41, 5.74) is 0.964. The van der Waals surface area contributed by atoms with Crippen LogP contribution < -0.4 is 0 Å². The largest absolute Gasteiger partial charge is 0.481 e. The zero-order valence-corrected chi connectivity index (χ0v) is 16.3. The molecule has 0 aliphatic heterocycles. The second-order valence-corrected chi connectivity index (χ2v) is 8.43. The van der Waals surface area contributed by atoms with Crippen LogP contribution in [-0.4, -0.2) is 23.1 Å². The van der Waals surface area contributed by atoms with E-state index in [1.54, 1.807) is 13.0 Å². The molecule has 2 fully saturated rings. The molecule has 0 radical (unpaired) electrons. The van der Waals surface area contributed by atoms with Gasteiger partial charge >= 0.3 is 11.9 Å². The van der Waals surface area contributed by atoms with Crippen LogP contribution in [0.2, 0.25) is 0 Å². The monoisotopic (exact) mass is 360 g/mol. The van der Waals surface area contributed by atoms with Crippen molar-refractivity contribution >= 4 is 11.9 Å². The molecule has 0 aromatic carbocycles. The van der Waals surface area contributed by atoms with Gasteiger partial charge in [0.1, 0.15) is 11.5 Å². The van der Waals surface area contributed by atoms with Gasteiger partial charge in [0.25, 0.3) is 0 Å². The molecule has 0 unspecified atom stereocenters. The van der Waals surface area contributed by atoms with Crippen LogP contribution in [0, 0.1) is 22.7 Å². The number of hydrogen-bond acceptors (Lipinski definition) is 3. The summed E-state index contributed by atoms with van der Waals surface area (Å²) in [5, 5.41) is 10.1. The van der Waals surface area contributed by atoms with E-state index in [9.17, 15) is 14.7 Å². The standard InChI is InChI=1S/C22H32O4/c1-7-14(2)8-10-17-15(3)9-11-18-21(17,5)13-12-19(26-16(4)23)22(18,6)20(24)25/h7,17-19H,1-3,8-13H2,4-6H3,(H,24,25)/t17-,18+,19-,21-,22-/m1/s1. The van der Waals surface area contributed by atoms with Crippen molar-refractivity contribution in [2.45, 2.75) is 65.4 Å². The Morgan fingerprint density at radius 1 is 1.35 bits per heavy atom. The second kappa shape index (κ2) is 7.42. The van der Waals surface area contributed by atoms with Crippen LogP contribution in [0.3, 0.4) is 0 Å². The fraction of sp³-hybridized carbons (Fsp3) is 0.636. The highest BCUT2D eigenvalue weighted by atomic mass is 16.5. The first-order valence-corrected chi connectivity index (χ1v) is 9.45. The number of allylic oxidation sites excluding steroid dienone is 3. The van der Waals surface area contributed by atoms with Crippen molar-refractivity contribution in [1.29, 1.82) is 0 Å². The average molecular weight is 360 g/mol. The number of aliphatic carboxylic acids is 1. The van der Waals surface area contributed by atoms with Crippen LogP contribution in [0.4, 0.5) is 0 Å². The predicted octanol–water partition coefficient (Wildman–Crippen LogP) is 4.91. The molecule has 0 saturated heterocycles. The van der Waals surface area contributed by atoms with E-state index in [2.05, 4.69) is 26.7 Å². The molecule has 26 heavy (non-hydrogen) atoms. The number of carbonyl (C=O) groups is 2. The molecule has 0 heterocycles. The van der Waals surface area contributed by atoms with Crippen molar-refractivity contribution in [1.82, 2.24) is 0 Å². The first-order chi connectivity index (χ1) is 12.1. The Balaban J connectivity index is 2.39. The van der Waals surface area contributed by atoms with Crippen molar-refractivity contribution in [3.05, 3.63) is 37.0 Å². The maximum absolute atomic E-state index is 12.3. The third-order valence-electron chi connectivity index (χ3n) is 6.99. The van der Waals surface area contributed by atoms with E-state index in [0.717, 1.165) is 37.7 Å². The predicted molar refractivity (Wildman–Crippen MR) is 103 cm³/mol. The third kappa shape index (κ3) is 3.38. The first kappa shape index (κ1) is 20.5. The molecular formula is C22H32O4. The number of fused-ring (bicyclic) bond motifs is 1. The van der Waals surface area contributed by atoms with Crippen molar-refractivity contribution in [3.8, 4) is 0 Å².